The van der Waals surface area contributed by atoms with E-state index in [0.717, 1.165) is 20.6 Å². The number of hydrogen-bond donors (Lipinski definition) is 0. The minimum absolute atomic E-state index is 0.0454. The van der Waals surface area contributed by atoms with Gasteiger partial charge < -0.3 is 4.84 Å². The van der Waals surface area contributed by atoms with Crippen molar-refractivity contribution in [1.82, 2.24) is 4.98 Å². The Kier molecular flexibility index (Phi) is 6.55. The Hall–Kier alpha value is -2.02. The van der Waals surface area contributed by atoms with Gasteiger partial charge in [0, 0.05) is 26.8 Å². The minimum Gasteiger partial charge on any atom is -0.391 e. The van der Waals surface area contributed by atoms with E-state index in [0.29, 0.717) is 16.5 Å². The van der Waals surface area contributed by atoms with E-state index in [1.807, 2.05) is 36.4 Å². The molecular weight excluding hydrogens is 436 g/mol. The summed E-state index contributed by atoms with van der Waals surface area (Å²) in [5, 5.41) is 5.30. The number of thiazole rings is 1. The second-order valence-corrected chi connectivity index (χ2v) is 7.64. The van der Waals surface area contributed by atoms with Crippen molar-refractivity contribution in [2.45, 2.75) is 13.0 Å². The van der Waals surface area contributed by atoms with E-state index in [4.69, 9.17) is 16.4 Å². The standard InChI is InChI=1S/C19H14BrClN2O2S/c20-16-4-2-1-3-14(16)12-25-23-10-9-17(24)18-11-22-19(26-18)13-5-7-15(21)8-6-13/h1-8,10-11H,9,12H2. The van der Waals surface area contributed by atoms with Crippen LogP contribution in [0.4, 0.5) is 0 Å². The van der Waals surface area contributed by atoms with Crippen molar-refractivity contribution in [3.05, 3.63) is 74.7 Å². The highest BCUT2D eigenvalue weighted by atomic mass is 79.9. The molecule has 0 radical (unpaired) electrons. The summed E-state index contributed by atoms with van der Waals surface area (Å²) in [4.78, 5) is 22.4. The maximum Gasteiger partial charge on any atom is 0.179 e. The van der Waals surface area contributed by atoms with Crippen molar-refractivity contribution in [2.75, 3.05) is 0 Å². The third kappa shape index (κ3) is 5.00. The van der Waals surface area contributed by atoms with Gasteiger partial charge in [0.1, 0.15) is 11.6 Å². The van der Waals surface area contributed by atoms with Crippen LogP contribution < -0.4 is 0 Å². The van der Waals surface area contributed by atoms with Gasteiger partial charge in [-0.3, -0.25) is 4.79 Å². The molecule has 132 valence electrons. The van der Waals surface area contributed by atoms with Crippen molar-refractivity contribution in [3.8, 4) is 10.6 Å². The molecule has 7 heteroatoms. The normalized spacial score (nSPS) is 11.0. The highest BCUT2D eigenvalue weighted by Crippen LogP contribution is 2.26. The lowest BCUT2D eigenvalue weighted by molar-refractivity contribution is 0.0999. The van der Waals surface area contributed by atoms with Crippen LogP contribution in [-0.4, -0.2) is 17.0 Å². The maximum absolute atomic E-state index is 12.2. The third-order valence-corrected chi connectivity index (χ3v) is 5.59. The largest absolute Gasteiger partial charge is 0.391 e. The molecule has 0 unspecified atom stereocenters. The monoisotopic (exact) mass is 448 g/mol. The summed E-state index contributed by atoms with van der Waals surface area (Å²) < 4.78 is 0.964. The SMILES string of the molecule is O=C(CC=NOCc1ccccc1Br)c1cnc(-c2ccc(Cl)cc2)s1. The average molecular weight is 450 g/mol. The molecule has 0 amide bonds. The van der Waals surface area contributed by atoms with Gasteiger partial charge in [-0.15, -0.1) is 11.3 Å². The Bertz CT molecular complexity index is 925. The first-order valence-electron chi connectivity index (χ1n) is 7.75. The fourth-order valence-corrected chi connectivity index (χ4v) is 3.52. The summed E-state index contributed by atoms with van der Waals surface area (Å²) in [5.74, 6) is -0.0454. The van der Waals surface area contributed by atoms with Gasteiger partial charge in [0.2, 0.25) is 0 Å². The van der Waals surface area contributed by atoms with Gasteiger partial charge in [-0.05, 0) is 18.2 Å². The lowest BCUT2D eigenvalue weighted by Gasteiger charge is -2.01. The molecule has 0 aliphatic rings. The maximum atomic E-state index is 12.2. The molecule has 3 rings (SSSR count). The van der Waals surface area contributed by atoms with Gasteiger partial charge in [0.15, 0.2) is 5.78 Å². The molecule has 0 atom stereocenters. The van der Waals surface area contributed by atoms with Gasteiger partial charge in [-0.2, -0.15) is 0 Å². The van der Waals surface area contributed by atoms with Crippen molar-refractivity contribution in [2.24, 2.45) is 5.16 Å². The Labute approximate surface area is 168 Å². The number of aromatic nitrogens is 1. The zero-order valence-corrected chi connectivity index (χ0v) is 16.7. The summed E-state index contributed by atoms with van der Waals surface area (Å²) in [5.41, 5.74) is 1.93. The molecule has 0 spiro atoms. The smallest absolute Gasteiger partial charge is 0.179 e. The molecule has 1 heterocycles. The summed E-state index contributed by atoms with van der Waals surface area (Å²) in [6, 6.07) is 15.1. The molecule has 0 saturated heterocycles. The zero-order chi connectivity index (χ0) is 18.4. The summed E-state index contributed by atoms with van der Waals surface area (Å²) in [7, 11) is 0. The fraction of sp³-hybridized carbons (Fsp3) is 0.105. The number of Topliss-reactive ketones (excluding diaryl/α,β-unsaturated/α-hetero) is 1. The van der Waals surface area contributed by atoms with Crippen LogP contribution in [-0.2, 0) is 11.4 Å². The number of oxime groups is 1. The van der Waals surface area contributed by atoms with Crippen LogP contribution in [0.25, 0.3) is 10.6 Å². The molecule has 4 nitrogen and oxygen atoms in total. The number of rotatable bonds is 7. The number of benzene rings is 2. The van der Waals surface area contributed by atoms with Crippen LogP contribution in [0, 0.1) is 0 Å². The number of carbonyl (C=O) groups excluding carboxylic acids is 1. The molecule has 0 bridgehead atoms. The summed E-state index contributed by atoms with van der Waals surface area (Å²) in [6.45, 7) is 0.341. The molecule has 1 aromatic heterocycles. The van der Waals surface area contributed by atoms with E-state index in [-0.39, 0.29) is 12.2 Å². The Morgan fingerprint density at radius 1 is 1.23 bits per heavy atom. The average Bonchev–Trinajstić information content (AvgIpc) is 3.13. The Morgan fingerprint density at radius 2 is 2.00 bits per heavy atom. The second-order valence-electron chi connectivity index (χ2n) is 5.32. The molecule has 0 aliphatic carbocycles. The van der Waals surface area contributed by atoms with E-state index in [9.17, 15) is 4.79 Å². The van der Waals surface area contributed by atoms with Crippen LogP contribution in [0.15, 0.2) is 64.4 Å². The van der Waals surface area contributed by atoms with Crippen LogP contribution in [0.3, 0.4) is 0 Å². The first kappa shape index (κ1) is 18.8. The molecular formula is C19H14BrClN2O2S. The first-order chi connectivity index (χ1) is 12.6. The molecule has 3 aromatic rings. The van der Waals surface area contributed by atoms with Crippen LogP contribution in [0.2, 0.25) is 5.02 Å². The highest BCUT2D eigenvalue weighted by molar-refractivity contribution is 9.10. The fourth-order valence-electron chi connectivity index (χ4n) is 2.12. The highest BCUT2D eigenvalue weighted by Gasteiger charge is 2.11. The van der Waals surface area contributed by atoms with Crippen molar-refractivity contribution in [1.29, 1.82) is 0 Å². The molecule has 0 fully saturated rings. The number of ketones is 1. The van der Waals surface area contributed by atoms with E-state index in [1.54, 1.807) is 18.3 Å². The molecule has 0 N–H and O–H groups in total. The number of hydrogen-bond acceptors (Lipinski definition) is 5. The first-order valence-corrected chi connectivity index (χ1v) is 9.74. The lowest BCUT2D eigenvalue weighted by Crippen LogP contribution is -1.97. The molecule has 0 saturated carbocycles. The quantitative estimate of drug-likeness (QED) is 0.252. The van der Waals surface area contributed by atoms with Gasteiger partial charge in [0.25, 0.3) is 0 Å². The number of carbonyl (C=O) groups is 1. The van der Waals surface area contributed by atoms with Crippen LogP contribution >= 0.6 is 38.9 Å². The van der Waals surface area contributed by atoms with Gasteiger partial charge in [-0.1, -0.05) is 63.0 Å². The second kappa shape index (κ2) is 9.07. The number of halogens is 2. The van der Waals surface area contributed by atoms with Gasteiger partial charge in [0.05, 0.1) is 17.5 Å². The van der Waals surface area contributed by atoms with Crippen LogP contribution in [0.5, 0.6) is 0 Å². The van der Waals surface area contributed by atoms with Crippen LogP contribution in [0.1, 0.15) is 21.7 Å². The Morgan fingerprint density at radius 3 is 2.77 bits per heavy atom. The molecule has 0 aliphatic heterocycles. The minimum atomic E-state index is -0.0454. The summed E-state index contributed by atoms with van der Waals surface area (Å²) >= 11 is 10.7. The van der Waals surface area contributed by atoms with Gasteiger partial charge in [-0.25, -0.2) is 4.98 Å². The lowest BCUT2D eigenvalue weighted by atomic mass is 10.2. The molecule has 2 aromatic carbocycles. The van der Waals surface area contributed by atoms with E-state index >= 15 is 0 Å². The zero-order valence-electron chi connectivity index (χ0n) is 13.6. The van der Waals surface area contributed by atoms with E-state index in [1.165, 1.54) is 17.6 Å². The van der Waals surface area contributed by atoms with Crippen molar-refractivity contribution >= 4 is 50.9 Å². The molecule has 26 heavy (non-hydrogen) atoms. The van der Waals surface area contributed by atoms with Crippen molar-refractivity contribution in [3.63, 3.8) is 0 Å². The Balaban J connectivity index is 1.52. The number of nitrogens with zero attached hydrogens (tertiary/aromatic N) is 2. The summed E-state index contributed by atoms with van der Waals surface area (Å²) in [6.07, 6.45) is 3.23. The predicted octanol–water partition coefficient (Wildman–Crippen LogP) is 6.00. The third-order valence-electron chi connectivity index (χ3n) is 3.48. The van der Waals surface area contributed by atoms with Crippen molar-refractivity contribution < 1.29 is 9.63 Å². The predicted molar refractivity (Wildman–Crippen MR) is 109 cm³/mol. The topological polar surface area (TPSA) is 51.5 Å². The van der Waals surface area contributed by atoms with Gasteiger partial charge >= 0.3 is 0 Å². The van der Waals surface area contributed by atoms with E-state index < -0.39 is 0 Å². The van der Waals surface area contributed by atoms with E-state index in [2.05, 4.69) is 26.1 Å².